The highest BCUT2D eigenvalue weighted by Crippen LogP contribution is 2.38. The predicted molar refractivity (Wildman–Crippen MR) is 167 cm³/mol. The molecule has 1 aliphatic rings. The number of aliphatic hydroxyl groups excluding tert-OH is 1. The van der Waals surface area contributed by atoms with Crippen molar-refractivity contribution >= 4 is 45.9 Å². The van der Waals surface area contributed by atoms with E-state index < -0.39 is 12.1 Å². The van der Waals surface area contributed by atoms with E-state index in [1.54, 1.807) is 35.0 Å². The highest BCUT2D eigenvalue weighted by atomic mass is 35.5. The Balaban J connectivity index is 1.58. The number of amides is 2. The Kier molecular flexibility index (Phi) is 8.94. The maximum Gasteiger partial charge on any atom is 0.271 e. The minimum atomic E-state index is -0.435. The van der Waals surface area contributed by atoms with Gasteiger partial charge >= 0.3 is 0 Å². The second-order valence-corrected chi connectivity index (χ2v) is 12.0. The van der Waals surface area contributed by atoms with E-state index in [1.807, 2.05) is 74.0 Å². The van der Waals surface area contributed by atoms with E-state index in [2.05, 4.69) is 0 Å². The maximum absolute atomic E-state index is 14.5. The van der Waals surface area contributed by atoms with Crippen molar-refractivity contribution in [1.29, 1.82) is 0 Å². The van der Waals surface area contributed by atoms with Gasteiger partial charge in [0.15, 0.2) is 0 Å². The number of likely N-dealkylation sites (N-methyl/N-ethyl adjacent to an activating group) is 1. The lowest BCUT2D eigenvalue weighted by molar-refractivity contribution is -0.0210. The van der Waals surface area contributed by atoms with Gasteiger partial charge < -0.3 is 24.2 Å². The number of carbonyl (C=O) groups excluding carboxylic acids is 2. The van der Waals surface area contributed by atoms with Gasteiger partial charge in [0.1, 0.15) is 5.69 Å². The lowest BCUT2D eigenvalue weighted by atomic mass is 9.96. The van der Waals surface area contributed by atoms with Crippen molar-refractivity contribution < 1.29 is 19.4 Å². The van der Waals surface area contributed by atoms with Gasteiger partial charge in [0.2, 0.25) is 0 Å². The van der Waals surface area contributed by atoms with Crippen molar-refractivity contribution in [3.8, 4) is 11.1 Å². The quantitative estimate of drug-likeness (QED) is 0.290. The highest BCUT2D eigenvalue weighted by Gasteiger charge is 2.34. The van der Waals surface area contributed by atoms with Crippen molar-refractivity contribution in [3.63, 3.8) is 0 Å². The Morgan fingerprint density at radius 3 is 2.48 bits per heavy atom. The molecule has 9 heteroatoms. The fourth-order valence-corrected chi connectivity index (χ4v) is 6.30. The molecule has 0 saturated heterocycles. The summed E-state index contributed by atoms with van der Waals surface area (Å²) in [5, 5.41) is 11.9. The molecule has 1 N–H and O–H groups in total. The molecule has 0 radical (unpaired) electrons. The van der Waals surface area contributed by atoms with Gasteiger partial charge in [-0.05, 0) is 42.3 Å². The van der Waals surface area contributed by atoms with Crippen molar-refractivity contribution in [3.05, 3.63) is 93.6 Å². The molecule has 7 nitrogen and oxygen atoms in total. The molecule has 0 saturated carbocycles. The number of aliphatic hydroxyl groups is 1. The summed E-state index contributed by atoms with van der Waals surface area (Å²) in [7, 11) is 3.63. The summed E-state index contributed by atoms with van der Waals surface area (Å²) >= 11 is 12.3. The smallest absolute Gasteiger partial charge is 0.271 e. The van der Waals surface area contributed by atoms with Crippen molar-refractivity contribution in [1.82, 2.24) is 14.4 Å². The molecule has 5 rings (SSSR count). The molecule has 4 aromatic rings. The number of rotatable bonds is 5. The fraction of sp³-hybridized carbons (Fsp3) is 0.333. The van der Waals surface area contributed by atoms with Crippen LogP contribution in [0, 0.1) is 5.92 Å². The van der Waals surface area contributed by atoms with E-state index in [0.717, 1.165) is 27.6 Å². The number of fused-ring (bicyclic) bond motifs is 5. The Labute approximate surface area is 256 Å². The summed E-state index contributed by atoms with van der Waals surface area (Å²) in [6, 6.07) is 20.3. The Morgan fingerprint density at radius 2 is 1.76 bits per heavy atom. The number of ether oxygens (including phenoxy) is 1. The summed E-state index contributed by atoms with van der Waals surface area (Å²) in [4.78, 5) is 31.1. The average Bonchev–Trinajstić information content (AvgIpc) is 3.27. The Bertz CT molecular complexity index is 1610. The number of hydrogen-bond acceptors (Lipinski definition) is 4. The number of carbonyl (C=O) groups is 2. The molecule has 0 aliphatic carbocycles. The molecule has 1 aliphatic heterocycles. The first-order valence-electron chi connectivity index (χ1n) is 14.0. The molecule has 1 aromatic heterocycles. The molecule has 2 heterocycles. The zero-order valence-electron chi connectivity index (χ0n) is 24.2. The van der Waals surface area contributed by atoms with Gasteiger partial charge in [-0.15, -0.1) is 0 Å². The molecule has 0 spiro atoms. The lowest BCUT2D eigenvalue weighted by Crippen LogP contribution is -2.48. The second kappa shape index (κ2) is 12.5. The SMILES string of the molecule is C[C@H](CO)N1C[C@H](C)[C@H](CN(C)C(=O)c2cc(Cl)cc(Cl)c2)OCc2ccccc2-c2c(n(C)c3ccccc23)C1=O. The van der Waals surface area contributed by atoms with Crippen LogP contribution in [0.25, 0.3) is 22.0 Å². The van der Waals surface area contributed by atoms with E-state index in [-0.39, 0.29) is 30.9 Å². The Hall–Kier alpha value is -3.36. The summed E-state index contributed by atoms with van der Waals surface area (Å²) in [6.07, 6.45) is -0.416. The molecule has 0 unspecified atom stereocenters. The first kappa shape index (κ1) is 30.1. The number of halogens is 2. The lowest BCUT2D eigenvalue weighted by Gasteiger charge is -2.35. The monoisotopic (exact) mass is 607 g/mol. The first-order chi connectivity index (χ1) is 20.1. The number of benzene rings is 3. The van der Waals surface area contributed by atoms with Crippen LogP contribution >= 0.6 is 23.2 Å². The van der Waals surface area contributed by atoms with Crippen LogP contribution in [0.2, 0.25) is 10.0 Å². The van der Waals surface area contributed by atoms with E-state index in [0.29, 0.717) is 34.5 Å². The molecule has 2 amide bonds. The van der Waals surface area contributed by atoms with Crippen LogP contribution in [0.4, 0.5) is 0 Å². The molecule has 42 heavy (non-hydrogen) atoms. The average molecular weight is 609 g/mol. The zero-order chi connectivity index (χ0) is 30.1. The van der Waals surface area contributed by atoms with E-state index in [1.165, 1.54) is 0 Å². The van der Waals surface area contributed by atoms with Crippen molar-refractivity contribution in [2.45, 2.75) is 32.6 Å². The van der Waals surface area contributed by atoms with Crippen LogP contribution in [0.15, 0.2) is 66.7 Å². The van der Waals surface area contributed by atoms with Gasteiger partial charge in [-0.25, -0.2) is 0 Å². The molecule has 0 bridgehead atoms. The zero-order valence-corrected chi connectivity index (χ0v) is 25.7. The molecular formula is C33H35Cl2N3O4. The van der Waals surface area contributed by atoms with E-state index in [9.17, 15) is 14.7 Å². The third-order valence-electron chi connectivity index (χ3n) is 8.14. The molecular weight excluding hydrogens is 573 g/mol. The summed E-state index contributed by atoms with van der Waals surface area (Å²) in [5.74, 6) is -0.574. The molecule has 3 atom stereocenters. The number of nitrogens with zero attached hydrogens (tertiary/aromatic N) is 3. The largest absolute Gasteiger partial charge is 0.394 e. The minimum absolute atomic E-state index is 0.162. The minimum Gasteiger partial charge on any atom is -0.394 e. The van der Waals surface area contributed by atoms with E-state index in [4.69, 9.17) is 27.9 Å². The second-order valence-electron chi connectivity index (χ2n) is 11.1. The fourth-order valence-electron chi connectivity index (χ4n) is 5.78. The maximum atomic E-state index is 14.5. The van der Waals surface area contributed by atoms with Crippen LogP contribution in [-0.2, 0) is 18.4 Å². The van der Waals surface area contributed by atoms with Crippen LogP contribution in [-0.4, -0.2) is 70.2 Å². The Morgan fingerprint density at radius 1 is 1.10 bits per heavy atom. The molecule has 0 fully saturated rings. The number of hydrogen-bond donors (Lipinski definition) is 1. The van der Waals surface area contributed by atoms with Crippen LogP contribution in [0.3, 0.4) is 0 Å². The summed E-state index contributed by atoms with van der Waals surface area (Å²) in [5.41, 5.74) is 4.62. The van der Waals surface area contributed by atoms with E-state index >= 15 is 0 Å². The standard InChI is InChI=1S/C33H35Cl2N3O4/c1-20-16-38(21(2)18-39)33(41)31-30(27-11-7-8-12-28(27)37(31)4)26-10-6-5-9-22(26)19-42-29(20)17-36(3)32(40)23-13-24(34)15-25(35)14-23/h5-15,20-21,29,39H,16-19H2,1-4H3/t20-,21+,29-/m0/s1. The van der Waals surface area contributed by atoms with Crippen molar-refractivity contribution in [2.24, 2.45) is 13.0 Å². The third-order valence-corrected chi connectivity index (χ3v) is 8.57. The summed E-state index contributed by atoms with van der Waals surface area (Å²) < 4.78 is 8.54. The van der Waals surface area contributed by atoms with Gasteiger partial charge in [-0.2, -0.15) is 0 Å². The number of aryl methyl sites for hydroxylation is 1. The van der Waals surface area contributed by atoms with Crippen LogP contribution < -0.4 is 0 Å². The van der Waals surface area contributed by atoms with Crippen LogP contribution in [0.1, 0.15) is 40.3 Å². The summed E-state index contributed by atoms with van der Waals surface area (Å²) in [6.45, 7) is 4.56. The van der Waals surface area contributed by atoms with Gasteiger partial charge in [0.05, 0.1) is 25.4 Å². The molecule has 3 aromatic carbocycles. The normalized spacial score (nSPS) is 18.3. The van der Waals surface area contributed by atoms with Crippen molar-refractivity contribution in [2.75, 3.05) is 26.7 Å². The molecule has 220 valence electrons. The predicted octanol–water partition coefficient (Wildman–Crippen LogP) is 6.28. The number of para-hydroxylation sites is 1. The third kappa shape index (κ3) is 5.79. The van der Waals surface area contributed by atoms with Gasteiger partial charge in [0, 0.05) is 65.2 Å². The highest BCUT2D eigenvalue weighted by molar-refractivity contribution is 6.35. The topological polar surface area (TPSA) is 75.0 Å². The van der Waals surface area contributed by atoms with Crippen LogP contribution in [0.5, 0.6) is 0 Å². The van der Waals surface area contributed by atoms with Gasteiger partial charge in [-0.1, -0.05) is 72.6 Å². The van der Waals surface area contributed by atoms with Gasteiger partial charge in [0.25, 0.3) is 11.8 Å². The number of aromatic nitrogens is 1. The first-order valence-corrected chi connectivity index (χ1v) is 14.8. The van der Waals surface area contributed by atoms with Gasteiger partial charge in [-0.3, -0.25) is 9.59 Å².